The Bertz CT molecular complexity index is 114. The van der Waals surface area contributed by atoms with Gasteiger partial charge in [-0.3, -0.25) is 4.79 Å². The van der Waals surface area contributed by atoms with Crippen molar-refractivity contribution < 1.29 is 9.53 Å². The molecule has 0 radical (unpaired) electrons. The van der Waals surface area contributed by atoms with E-state index >= 15 is 0 Å². The molecular formula is C6H11NO2. The van der Waals surface area contributed by atoms with Crippen molar-refractivity contribution in [1.82, 2.24) is 5.32 Å². The van der Waals surface area contributed by atoms with Crippen LogP contribution >= 0.6 is 0 Å². The summed E-state index contributed by atoms with van der Waals surface area (Å²) in [4.78, 5) is 10.7. The molecule has 9 heavy (non-hydrogen) atoms. The quantitative estimate of drug-likeness (QED) is 0.522. The Balaban J connectivity index is 2.32. The summed E-state index contributed by atoms with van der Waals surface area (Å²) in [5, 5.41) is 2.96. The molecule has 0 saturated carbocycles. The minimum atomic E-state index is 0.103. The third-order valence-electron chi connectivity index (χ3n) is 1.48. The first-order valence-corrected chi connectivity index (χ1v) is 3.08. The summed E-state index contributed by atoms with van der Waals surface area (Å²) in [6, 6.07) is 0. The number of hydrogen-bond acceptors (Lipinski definition) is 3. The van der Waals surface area contributed by atoms with E-state index in [1.807, 2.05) is 0 Å². The van der Waals surface area contributed by atoms with Crippen molar-refractivity contribution in [3.8, 4) is 0 Å². The highest BCUT2D eigenvalue weighted by molar-refractivity contribution is 5.81. The maximum Gasteiger partial charge on any atom is 0.149 e. The summed E-state index contributed by atoms with van der Waals surface area (Å²) in [6.07, 6.45) is 0.676. The Hall–Kier alpha value is -0.410. The van der Waals surface area contributed by atoms with Gasteiger partial charge in [0.05, 0.1) is 12.6 Å². The Labute approximate surface area is 54.4 Å². The molecular weight excluding hydrogens is 118 g/mol. The van der Waals surface area contributed by atoms with Crippen LogP contribution in [0.2, 0.25) is 0 Å². The first kappa shape index (κ1) is 6.71. The van der Waals surface area contributed by atoms with Crippen molar-refractivity contribution in [1.29, 1.82) is 0 Å². The van der Waals surface area contributed by atoms with Gasteiger partial charge in [0.15, 0.2) is 0 Å². The molecule has 3 heteroatoms. The molecule has 0 aromatic carbocycles. The number of piperidine rings is 1. The van der Waals surface area contributed by atoms with Gasteiger partial charge in [-0.15, -0.1) is 0 Å². The molecule has 0 bridgehead atoms. The van der Waals surface area contributed by atoms with Crippen LogP contribution in [0.4, 0.5) is 0 Å². The van der Waals surface area contributed by atoms with Gasteiger partial charge in [-0.2, -0.15) is 0 Å². The van der Waals surface area contributed by atoms with Gasteiger partial charge in [0.25, 0.3) is 0 Å². The van der Waals surface area contributed by atoms with Crippen LogP contribution in [0.15, 0.2) is 0 Å². The van der Waals surface area contributed by atoms with Gasteiger partial charge in [0.2, 0.25) is 0 Å². The lowest BCUT2D eigenvalue weighted by atomic mass is 10.1. The molecule has 1 saturated heterocycles. The standard InChI is InChI=1S/C6H11NO2/c1-9-6-2-5(8)3-7-4-6/h6-7H,2-4H2,1H3/t6-/m1/s1. The van der Waals surface area contributed by atoms with E-state index in [0.29, 0.717) is 13.0 Å². The summed E-state index contributed by atoms with van der Waals surface area (Å²) in [5.41, 5.74) is 0. The van der Waals surface area contributed by atoms with Crippen LogP contribution in [0.25, 0.3) is 0 Å². The second kappa shape index (κ2) is 2.94. The molecule has 52 valence electrons. The molecule has 0 unspecified atom stereocenters. The minimum Gasteiger partial charge on any atom is -0.380 e. The maximum atomic E-state index is 10.7. The van der Waals surface area contributed by atoms with E-state index in [2.05, 4.69) is 5.32 Å². The largest absolute Gasteiger partial charge is 0.380 e. The van der Waals surface area contributed by atoms with Gasteiger partial charge in [0.1, 0.15) is 5.78 Å². The van der Waals surface area contributed by atoms with E-state index < -0.39 is 0 Å². The monoisotopic (exact) mass is 129 g/mol. The van der Waals surface area contributed by atoms with E-state index in [4.69, 9.17) is 4.74 Å². The van der Waals surface area contributed by atoms with E-state index in [0.717, 1.165) is 6.54 Å². The molecule has 1 atom stereocenters. The van der Waals surface area contributed by atoms with E-state index in [-0.39, 0.29) is 11.9 Å². The molecule has 0 amide bonds. The van der Waals surface area contributed by atoms with Crippen molar-refractivity contribution in [2.75, 3.05) is 20.2 Å². The summed E-state index contributed by atoms with van der Waals surface area (Å²) in [7, 11) is 1.63. The molecule has 1 rings (SSSR count). The molecule has 0 aromatic rings. The SMILES string of the molecule is CO[C@H]1CNCC(=O)C1. The summed E-state index contributed by atoms with van der Waals surface area (Å²) in [6.45, 7) is 1.32. The summed E-state index contributed by atoms with van der Waals surface area (Å²) >= 11 is 0. The average Bonchev–Trinajstić information content (AvgIpc) is 1.88. The minimum absolute atomic E-state index is 0.103. The molecule has 1 aliphatic heterocycles. The predicted molar refractivity (Wildman–Crippen MR) is 33.3 cm³/mol. The van der Waals surface area contributed by atoms with Gasteiger partial charge in [-0.05, 0) is 0 Å². The van der Waals surface area contributed by atoms with Crippen LogP contribution in [0.5, 0.6) is 0 Å². The highest BCUT2D eigenvalue weighted by atomic mass is 16.5. The van der Waals surface area contributed by atoms with Crippen LogP contribution < -0.4 is 5.32 Å². The first-order chi connectivity index (χ1) is 4.33. The van der Waals surface area contributed by atoms with E-state index in [1.165, 1.54) is 0 Å². The van der Waals surface area contributed by atoms with Crippen molar-refractivity contribution >= 4 is 5.78 Å². The smallest absolute Gasteiger partial charge is 0.149 e. The van der Waals surface area contributed by atoms with Gasteiger partial charge in [-0.1, -0.05) is 0 Å². The van der Waals surface area contributed by atoms with Crippen molar-refractivity contribution in [3.63, 3.8) is 0 Å². The van der Waals surface area contributed by atoms with Gasteiger partial charge < -0.3 is 10.1 Å². The number of ketones is 1. The molecule has 0 spiro atoms. The number of rotatable bonds is 1. The second-order valence-corrected chi connectivity index (χ2v) is 2.23. The molecule has 0 aromatic heterocycles. The molecule has 1 N–H and O–H groups in total. The van der Waals surface area contributed by atoms with E-state index in [9.17, 15) is 4.79 Å². The normalized spacial score (nSPS) is 28.6. The fourth-order valence-corrected chi connectivity index (χ4v) is 0.938. The number of carbonyl (C=O) groups excluding carboxylic acids is 1. The topological polar surface area (TPSA) is 38.3 Å². The Kier molecular flexibility index (Phi) is 2.19. The number of ether oxygens (including phenoxy) is 1. The number of carbonyl (C=O) groups is 1. The number of nitrogens with one attached hydrogen (secondary N) is 1. The Morgan fingerprint density at radius 1 is 1.78 bits per heavy atom. The zero-order valence-electron chi connectivity index (χ0n) is 5.52. The maximum absolute atomic E-state index is 10.7. The van der Waals surface area contributed by atoms with Crippen LogP contribution in [0.1, 0.15) is 6.42 Å². The van der Waals surface area contributed by atoms with Crippen molar-refractivity contribution in [2.45, 2.75) is 12.5 Å². The van der Waals surface area contributed by atoms with Crippen LogP contribution in [-0.4, -0.2) is 32.1 Å². The average molecular weight is 129 g/mol. The first-order valence-electron chi connectivity index (χ1n) is 3.08. The lowest BCUT2D eigenvalue weighted by Crippen LogP contribution is -2.40. The Morgan fingerprint density at radius 2 is 2.56 bits per heavy atom. The molecule has 1 fully saturated rings. The Morgan fingerprint density at radius 3 is 3.00 bits per heavy atom. The van der Waals surface area contributed by atoms with Crippen molar-refractivity contribution in [3.05, 3.63) is 0 Å². The highest BCUT2D eigenvalue weighted by Gasteiger charge is 2.17. The highest BCUT2D eigenvalue weighted by Crippen LogP contribution is 2.00. The van der Waals surface area contributed by atoms with Crippen LogP contribution in [-0.2, 0) is 9.53 Å². The number of hydrogen-bond donors (Lipinski definition) is 1. The lowest BCUT2D eigenvalue weighted by molar-refractivity contribution is -0.122. The molecule has 1 aliphatic rings. The third-order valence-corrected chi connectivity index (χ3v) is 1.48. The predicted octanol–water partition coefficient (Wildman–Crippen LogP) is -0.436. The summed E-state index contributed by atoms with van der Waals surface area (Å²) < 4.78 is 4.98. The zero-order valence-corrected chi connectivity index (χ0v) is 5.52. The number of methoxy groups -OCH3 is 1. The van der Waals surface area contributed by atoms with Gasteiger partial charge in [0, 0.05) is 20.1 Å². The summed E-state index contributed by atoms with van der Waals surface area (Å²) in [5.74, 6) is 0.244. The van der Waals surface area contributed by atoms with Gasteiger partial charge >= 0.3 is 0 Å². The van der Waals surface area contributed by atoms with Crippen LogP contribution in [0.3, 0.4) is 0 Å². The fraction of sp³-hybridized carbons (Fsp3) is 0.833. The van der Waals surface area contributed by atoms with Crippen molar-refractivity contribution in [2.24, 2.45) is 0 Å². The van der Waals surface area contributed by atoms with E-state index in [1.54, 1.807) is 7.11 Å². The lowest BCUT2D eigenvalue weighted by Gasteiger charge is -2.19. The number of Topliss-reactive ketones (excluding diaryl/α,β-unsaturated/α-hetero) is 1. The zero-order chi connectivity index (χ0) is 6.69. The molecule has 1 heterocycles. The third kappa shape index (κ3) is 1.77. The second-order valence-electron chi connectivity index (χ2n) is 2.23. The molecule has 0 aliphatic carbocycles. The molecule has 3 nitrogen and oxygen atoms in total. The van der Waals surface area contributed by atoms with Gasteiger partial charge in [-0.25, -0.2) is 0 Å². The van der Waals surface area contributed by atoms with Crippen LogP contribution in [0, 0.1) is 0 Å². The fourth-order valence-electron chi connectivity index (χ4n) is 0.938.